The van der Waals surface area contributed by atoms with Gasteiger partial charge in [-0.05, 0) is 43.8 Å². The number of fused-ring (bicyclic) bond motifs is 1. The maximum Gasteiger partial charge on any atom is 0.411 e. The molecular formula is C22H26N6O3. The number of carbonyl (C=O) groups excluding carboxylic acids is 1. The summed E-state index contributed by atoms with van der Waals surface area (Å²) >= 11 is 0. The zero-order valence-corrected chi connectivity index (χ0v) is 17.7. The first-order valence-corrected chi connectivity index (χ1v) is 10.5. The van der Waals surface area contributed by atoms with Gasteiger partial charge in [0.05, 0.1) is 5.69 Å². The standard InChI is InChI=1S/C22H26N6O3/c1-3-26(4-2)17-12-13-27(14-17)20(29)16-10-8-15(9-11-16)18-6-5-7-19-23-21(24-22(30)31)25-28(18)19/h5-11,17H,3-4,12-14H2,1-2H3,(H,24,25)(H,30,31). The minimum Gasteiger partial charge on any atom is -0.465 e. The lowest BCUT2D eigenvalue weighted by Gasteiger charge is -2.26. The Bertz CT molecular complexity index is 1090. The molecule has 9 nitrogen and oxygen atoms in total. The van der Waals surface area contributed by atoms with E-state index in [1.807, 2.05) is 41.3 Å². The highest BCUT2D eigenvalue weighted by atomic mass is 16.4. The third-order valence-electron chi connectivity index (χ3n) is 5.79. The lowest BCUT2D eigenvalue weighted by atomic mass is 10.1. The van der Waals surface area contributed by atoms with Crippen molar-refractivity contribution >= 4 is 23.6 Å². The number of carbonyl (C=O) groups is 2. The van der Waals surface area contributed by atoms with Crippen LogP contribution in [0.1, 0.15) is 30.6 Å². The maximum atomic E-state index is 13.0. The molecule has 9 heteroatoms. The van der Waals surface area contributed by atoms with Crippen LogP contribution in [0.3, 0.4) is 0 Å². The Morgan fingerprint density at radius 2 is 1.90 bits per heavy atom. The molecule has 0 spiro atoms. The average molecular weight is 422 g/mol. The topological polar surface area (TPSA) is 103 Å². The third kappa shape index (κ3) is 4.22. The number of nitrogens with zero attached hydrogens (tertiary/aromatic N) is 5. The zero-order chi connectivity index (χ0) is 22.0. The molecule has 0 aliphatic carbocycles. The normalized spacial score (nSPS) is 16.2. The van der Waals surface area contributed by atoms with E-state index < -0.39 is 6.09 Å². The molecule has 1 aromatic carbocycles. The number of nitrogens with one attached hydrogen (secondary N) is 1. The first-order valence-electron chi connectivity index (χ1n) is 10.5. The predicted molar refractivity (Wildman–Crippen MR) is 117 cm³/mol. The number of rotatable bonds is 6. The number of anilines is 1. The Balaban J connectivity index is 1.53. The van der Waals surface area contributed by atoms with E-state index in [1.54, 1.807) is 10.6 Å². The van der Waals surface area contributed by atoms with Crippen molar-refractivity contribution in [2.75, 3.05) is 31.5 Å². The van der Waals surface area contributed by atoms with E-state index in [-0.39, 0.29) is 11.9 Å². The van der Waals surface area contributed by atoms with Crippen LogP contribution in [0.5, 0.6) is 0 Å². The van der Waals surface area contributed by atoms with Crippen molar-refractivity contribution in [3.05, 3.63) is 48.0 Å². The third-order valence-corrected chi connectivity index (χ3v) is 5.79. The Kier molecular flexibility index (Phi) is 5.85. The van der Waals surface area contributed by atoms with Crippen LogP contribution < -0.4 is 5.32 Å². The van der Waals surface area contributed by atoms with Gasteiger partial charge in [-0.15, -0.1) is 5.10 Å². The minimum atomic E-state index is -1.22. The van der Waals surface area contributed by atoms with Crippen LogP contribution in [0.15, 0.2) is 42.5 Å². The summed E-state index contributed by atoms with van der Waals surface area (Å²) < 4.78 is 1.58. The summed E-state index contributed by atoms with van der Waals surface area (Å²) in [6.07, 6.45) is -0.211. The van der Waals surface area contributed by atoms with Gasteiger partial charge in [-0.2, -0.15) is 4.98 Å². The molecule has 4 rings (SSSR count). The fraction of sp³-hybridized carbons (Fsp3) is 0.364. The van der Waals surface area contributed by atoms with Crippen LogP contribution in [0.25, 0.3) is 16.9 Å². The number of benzene rings is 1. The fourth-order valence-electron chi connectivity index (χ4n) is 4.20. The molecule has 2 N–H and O–H groups in total. The van der Waals surface area contributed by atoms with E-state index in [0.717, 1.165) is 43.9 Å². The molecular weight excluding hydrogens is 396 g/mol. The summed E-state index contributed by atoms with van der Waals surface area (Å²) in [6.45, 7) is 7.84. The first kappa shape index (κ1) is 20.8. The second-order valence-electron chi connectivity index (χ2n) is 7.54. The highest BCUT2D eigenvalue weighted by molar-refractivity contribution is 5.95. The Hall–Kier alpha value is -3.46. The van der Waals surface area contributed by atoms with Gasteiger partial charge in [-0.3, -0.25) is 15.0 Å². The highest BCUT2D eigenvalue weighted by Crippen LogP contribution is 2.23. The predicted octanol–water partition coefficient (Wildman–Crippen LogP) is 3.04. The van der Waals surface area contributed by atoms with Crippen molar-refractivity contribution < 1.29 is 14.7 Å². The molecule has 1 fully saturated rings. The van der Waals surface area contributed by atoms with Gasteiger partial charge in [0.1, 0.15) is 0 Å². The summed E-state index contributed by atoms with van der Waals surface area (Å²) in [5.74, 6) is 0.0663. The van der Waals surface area contributed by atoms with E-state index >= 15 is 0 Å². The summed E-state index contributed by atoms with van der Waals surface area (Å²) in [7, 11) is 0. The number of aromatic nitrogens is 3. The first-order chi connectivity index (χ1) is 15.0. The molecule has 1 aliphatic heterocycles. The van der Waals surface area contributed by atoms with Gasteiger partial charge < -0.3 is 10.0 Å². The van der Waals surface area contributed by atoms with Gasteiger partial charge in [0, 0.05) is 30.3 Å². The molecule has 0 bridgehead atoms. The maximum absolute atomic E-state index is 13.0. The molecule has 1 atom stereocenters. The van der Waals surface area contributed by atoms with Crippen molar-refractivity contribution in [2.45, 2.75) is 26.3 Å². The number of amides is 2. The molecule has 162 valence electrons. The fourth-order valence-corrected chi connectivity index (χ4v) is 4.20. The van der Waals surface area contributed by atoms with Crippen molar-refractivity contribution in [1.29, 1.82) is 0 Å². The lowest BCUT2D eigenvalue weighted by molar-refractivity contribution is 0.0778. The van der Waals surface area contributed by atoms with Gasteiger partial charge >= 0.3 is 6.09 Å². The van der Waals surface area contributed by atoms with E-state index in [9.17, 15) is 9.59 Å². The second kappa shape index (κ2) is 8.73. The van der Waals surface area contributed by atoms with Gasteiger partial charge in [-0.25, -0.2) is 9.31 Å². The quantitative estimate of drug-likeness (QED) is 0.633. The summed E-state index contributed by atoms with van der Waals surface area (Å²) in [5, 5.41) is 15.3. The van der Waals surface area contributed by atoms with E-state index in [2.05, 4.69) is 34.1 Å². The molecule has 2 amide bonds. The van der Waals surface area contributed by atoms with Crippen LogP contribution in [0.4, 0.5) is 10.7 Å². The van der Waals surface area contributed by atoms with E-state index in [0.29, 0.717) is 17.3 Å². The lowest BCUT2D eigenvalue weighted by Crippen LogP contribution is -2.38. The molecule has 31 heavy (non-hydrogen) atoms. The van der Waals surface area contributed by atoms with Gasteiger partial charge in [0.2, 0.25) is 0 Å². The average Bonchev–Trinajstić information content (AvgIpc) is 3.40. The van der Waals surface area contributed by atoms with Crippen molar-refractivity contribution in [1.82, 2.24) is 24.4 Å². The number of pyridine rings is 1. The molecule has 0 saturated carbocycles. The zero-order valence-electron chi connectivity index (χ0n) is 17.7. The second-order valence-corrected chi connectivity index (χ2v) is 7.54. The molecule has 3 aromatic rings. The Labute approximate surface area is 180 Å². The summed E-state index contributed by atoms with van der Waals surface area (Å²) in [6, 6.07) is 13.3. The number of hydrogen-bond acceptors (Lipinski definition) is 5. The van der Waals surface area contributed by atoms with Crippen molar-refractivity contribution in [3.8, 4) is 11.3 Å². The molecule has 1 aliphatic rings. The van der Waals surface area contributed by atoms with Gasteiger partial charge in [-0.1, -0.05) is 32.0 Å². The molecule has 1 unspecified atom stereocenters. The van der Waals surface area contributed by atoms with Crippen LogP contribution in [-0.2, 0) is 0 Å². The number of likely N-dealkylation sites (N-methyl/N-ethyl adjacent to an activating group) is 1. The van der Waals surface area contributed by atoms with Crippen LogP contribution in [-0.4, -0.2) is 73.7 Å². The SMILES string of the molecule is CCN(CC)C1CCN(C(=O)c2ccc(-c3cccc4nc(NC(=O)O)nn34)cc2)C1. The largest absolute Gasteiger partial charge is 0.465 e. The highest BCUT2D eigenvalue weighted by Gasteiger charge is 2.29. The Morgan fingerprint density at radius 3 is 2.58 bits per heavy atom. The number of likely N-dealkylation sites (tertiary alicyclic amines) is 1. The number of carboxylic acid groups (broad SMARTS) is 1. The van der Waals surface area contributed by atoms with E-state index in [1.165, 1.54) is 0 Å². The van der Waals surface area contributed by atoms with Crippen LogP contribution >= 0.6 is 0 Å². The van der Waals surface area contributed by atoms with Crippen LogP contribution in [0, 0.1) is 0 Å². The molecule has 1 saturated heterocycles. The smallest absolute Gasteiger partial charge is 0.411 e. The number of hydrogen-bond donors (Lipinski definition) is 2. The summed E-state index contributed by atoms with van der Waals surface area (Å²) in [4.78, 5) is 32.3. The van der Waals surface area contributed by atoms with E-state index in [4.69, 9.17) is 5.11 Å². The monoisotopic (exact) mass is 422 g/mol. The molecule has 0 radical (unpaired) electrons. The van der Waals surface area contributed by atoms with Gasteiger partial charge in [0.25, 0.3) is 11.9 Å². The Morgan fingerprint density at radius 1 is 1.16 bits per heavy atom. The van der Waals surface area contributed by atoms with Crippen molar-refractivity contribution in [2.24, 2.45) is 0 Å². The van der Waals surface area contributed by atoms with Crippen LogP contribution in [0.2, 0.25) is 0 Å². The van der Waals surface area contributed by atoms with Gasteiger partial charge in [0.15, 0.2) is 5.65 Å². The molecule has 2 aromatic heterocycles. The minimum absolute atomic E-state index is 0.0172. The van der Waals surface area contributed by atoms with Crippen molar-refractivity contribution in [3.63, 3.8) is 0 Å². The molecule has 3 heterocycles. The summed E-state index contributed by atoms with van der Waals surface area (Å²) in [5.41, 5.74) is 2.80.